The quantitative estimate of drug-likeness (QED) is 0.576. The molecule has 2 heterocycles. The number of pyridine rings is 1. The minimum absolute atomic E-state index is 0.0967. The number of aliphatic hydroxyl groups is 1. The van der Waals surface area contributed by atoms with Gasteiger partial charge in [0, 0.05) is 44.4 Å². The summed E-state index contributed by atoms with van der Waals surface area (Å²) in [7, 11) is 0. The van der Waals surface area contributed by atoms with Gasteiger partial charge in [0.25, 0.3) is 5.91 Å². The maximum absolute atomic E-state index is 12.1. The number of ether oxygens (including phenoxy) is 2. The van der Waals surface area contributed by atoms with Gasteiger partial charge in [-0.2, -0.15) is 0 Å². The number of aliphatic hydroxyl groups excluding tert-OH is 1. The number of nitrogens with one attached hydrogen (secondary N) is 1. The summed E-state index contributed by atoms with van der Waals surface area (Å²) < 4.78 is 10.7. The molecule has 0 spiro atoms. The summed E-state index contributed by atoms with van der Waals surface area (Å²) in [6, 6.07) is 10.6. The number of nitrogens with zero attached hydrogens (tertiary/aromatic N) is 3. The first kappa shape index (κ1) is 23.3. The van der Waals surface area contributed by atoms with Gasteiger partial charge in [-0.1, -0.05) is 11.6 Å². The third kappa shape index (κ3) is 7.66. The van der Waals surface area contributed by atoms with Crippen LogP contribution in [0.15, 0.2) is 42.6 Å². The van der Waals surface area contributed by atoms with Crippen molar-refractivity contribution in [2.75, 3.05) is 62.8 Å². The van der Waals surface area contributed by atoms with Gasteiger partial charge >= 0.3 is 0 Å². The topological polar surface area (TPSA) is 87.2 Å². The fourth-order valence-corrected chi connectivity index (χ4v) is 3.41. The van der Waals surface area contributed by atoms with Gasteiger partial charge in [-0.15, -0.1) is 0 Å². The fourth-order valence-electron chi connectivity index (χ4n) is 3.29. The summed E-state index contributed by atoms with van der Waals surface area (Å²) >= 11 is 5.83. The number of aromatic nitrogens is 1. The molecule has 1 amide bonds. The highest BCUT2D eigenvalue weighted by Gasteiger charge is 2.20. The lowest BCUT2D eigenvalue weighted by Gasteiger charge is -2.36. The van der Waals surface area contributed by atoms with Gasteiger partial charge in [0.05, 0.1) is 24.6 Å². The highest BCUT2D eigenvalue weighted by molar-refractivity contribution is 6.30. The Morgan fingerprint density at radius 3 is 2.58 bits per heavy atom. The molecular weight excluding hydrogens is 420 g/mol. The summed E-state index contributed by atoms with van der Waals surface area (Å²) in [6.07, 6.45) is 1.18. The molecule has 2 aromatic rings. The monoisotopic (exact) mass is 448 g/mol. The van der Waals surface area contributed by atoms with Crippen LogP contribution in [0.25, 0.3) is 0 Å². The molecule has 9 heteroatoms. The smallest absolute Gasteiger partial charge is 0.262 e. The van der Waals surface area contributed by atoms with E-state index in [9.17, 15) is 9.90 Å². The number of benzene rings is 1. The molecule has 3 rings (SSSR count). The molecule has 1 aliphatic heterocycles. The number of piperazine rings is 1. The molecule has 31 heavy (non-hydrogen) atoms. The standard InChI is InChI=1S/C22H29ClN4O4/c1-2-30-15-19(28)14-26-9-11-27(12-10-26)21-8-5-18(13-24-21)25-22(29)16-31-20-6-3-17(23)4-7-20/h3-8,13,19,28H,2,9-12,14-16H2,1H3,(H,25,29). The second kappa shape index (κ2) is 11.9. The van der Waals surface area contributed by atoms with E-state index in [0.29, 0.717) is 36.2 Å². The Labute approximate surface area is 187 Å². The first-order valence-corrected chi connectivity index (χ1v) is 10.8. The Bertz CT molecular complexity index is 811. The van der Waals surface area contributed by atoms with Crippen molar-refractivity contribution < 1.29 is 19.4 Å². The molecule has 2 N–H and O–H groups in total. The minimum Gasteiger partial charge on any atom is -0.484 e. The van der Waals surface area contributed by atoms with Crippen LogP contribution in [-0.4, -0.2) is 79.5 Å². The number of hydrogen-bond donors (Lipinski definition) is 2. The van der Waals surface area contributed by atoms with Crippen LogP contribution in [0.2, 0.25) is 5.02 Å². The van der Waals surface area contributed by atoms with Crippen LogP contribution >= 0.6 is 11.6 Å². The molecule has 0 radical (unpaired) electrons. The highest BCUT2D eigenvalue weighted by atomic mass is 35.5. The Balaban J connectivity index is 1.40. The van der Waals surface area contributed by atoms with Crippen LogP contribution in [0.3, 0.4) is 0 Å². The first-order chi connectivity index (χ1) is 15.0. The molecule has 8 nitrogen and oxygen atoms in total. The van der Waals surface area contributed by atoms with Crippen LogP contribution in [0, 0.1) is 0 Å². The number of anilines is 2. The zero-order valence-corrected chi connectivity index (χ0v) is 18.4. The number of rotatable bonds is 10. The van der Waals surface area contributed by atoms with Crippen molar-refractivity contribution in [1.29, 1.82) is 0 Å². The summed E-state index contributed by atoms with van der Waals surface area (Å²) in [5.41, 5.74) is 0.617. The Hall–Kier alpha value is -2.39. The lowest BCUT2D eigenvalue weighted by molar-refractivity contribution is -0.118. The van der Waals surface area contributed by atoms with Crippen molar-refractivity contribution in [3.05, 3.63) is 47.6 Å². The maximum Gasteiger partial charge on any atom is 0.262 e. The number of carbonyl (C=O) groups is 1. The predicted molar refractivity (Wildman–Crippen MR) is 121 cm³/mol. The van der Waals surface area contributed by atoms with Gasteiger partial charge < -0.3 is 24.8 Å². The predicted octanol–water partition coefficient (Wildman–Crippen LogP) is 2.27. The van der Waals surface area contributed by atoms with E-state index in [1.165, 1.54) is 0 Å². The molecule has 1 unspecified atom stereocenters. The molecule has 1 aromatic heterocycles. The number of amides is 1. The fraction of sp³-hybridized carbons (Fsp3) is 0.455. The van der Waals surface area contributed by atoms with E-state index < -0.39 is 6.10 Å². The Morgan fingerprint density at radius 2 is 1.94 bits per heavy atom. The van der Waals surface area contributed by atoms with Gasteiger partial charge in [0.2, 0.25) is 0 Å². The lowest BCUT2D eigenvalue weighted by atomic mass is 10.2. The molecule has 168 valence electrons. The van der Waals surface area contributed by atoms with E-state index in [-0.39, 0.29) is 12.5 Å². The molecule has 0 aliphatic carbocycles. The van der Waals surface area contributed by atoms with E-state index >= 15 is 0 Å². The van der Waals surface area contributed by atoms with E-state index in [4.69, 9.17) is 21.1 Å². The molecular formula is C22H29ClN4O4. The lowest BCUT2D eigenvalue weighted by Crippen LogP contribution is -2.49. The molecule has 1 atom stereocenters. The van der Waals surface area contributed by atoms with Crippen LogP contribution < -0.4 is 15.0 Å². The molecule has 0 bridgehead atoms. The van der Waals surface area contributed by atoms with Crippen molar-refractivity contribution in [2.45, 2.75) is 13.0 Å². The SMILES string of the molecule is CCOCC(O)CN1CCN(c2ccc(NC(=O)COc3ccc(Cl)cc3)cn2)CC1. The summed E-state index contributed by atoms with van der Waals surface area (Å²) in [6.45, 7) is 6.79. The zero-order chi connectivity index (χ0) is 22.1. The van der Waals surface area contributed by atoms with E-state index in [2.05, 4.69) is 20.1 Å². The second-order valence-electron chi connectivity index (χ2n) is 7.30. The van der Waals surface area contributed by atoms with Crippen molar-refractivity contribution in [3.63, 3.8) is 0 Å². The van der Waals surface area contributed by atoms with E-state index in [1.807, 2.05) is 19.1 Å². The van der Waals surface area contributed by atoms with E-state index in [0.717, 1.165) is 32.0 Å². The van der Waals surface area contributed by atoms with Crippen molar-refractivity contribution in [2.24, 2.45) is 0 Å². The minimum atomic E-state index is -0.462. The third-order valence-electron chi connectivity index (χ3n) is 4.89. The summed E-state index contributed by atoms with van der Waals surface area (Å²) in [5, 5.41) is 13.4. The van der Waals surface area contributed by atoms with E-state index in [1.54, 1.807) is 30.5 Å². The average molecular weight is 449 g/mol. The molecule has 1 saturated heterocycles. The van der Waals surface area contributed by atoms with Gasteiger partial charge in [-0.25, -0.2) is 4.98 Å². The highest BCUT2D eigenvalue weighted by Crippen LogP contribution is 2.17. The first-order valence-electron chi connectivity index (χ1n) is 10.4. The maximum atomic E-state index is 12.1. The van der Waals surface area contributed by atoms with Crippen LogP contribution in [0.4, 0.5) is 11.5 Å². The molecule has 1 fully saturated rings. The second-order valence-corrected chi connectivity index (χ2v) is 7.73. The average Bonchev–Trinajstić information content (AvgIpc) is 2.78. The third-order valence-corrected chi connectivity index (χ3v) is 5.15. The Kier molecular flexibility index (Phi) is 8.90. The molecule has 1 aromatic carbocycles. The number of carbonyl (C=O) groups excluding carboxylic acids is 1. The van der Waals surface area contributed by atoms with Gasteiger partial charge in [0.1, 0.15) is 11.6 Å². The number of halogens is 1. The van der Waals surface area contributed by atoms with Gasteiger partial charge in [0.15, 0.2) is 6.61 Å². The largest absolute Gasteiger partial charge is 0.484 e. The normalized spacial score (nSPS) is 15.5. The van der Waals surface area contributed by atoms with Crippen LogP contribution in [0.5, 0.6) is 5.75 Å². The molecule has 0 saturated carbocycles. The van der Waals surface area contributed by atoms with Crippen molar-refractivity contribution >= 4 is 29.0 Å². The van der Waals surface area contributed by atoms with Gasteiger partial charge in [-0.05, 0) is 43.3 Å². The zero-order valence-electron chi connectivity index (χ0n) is 17.7. The van der Waals surface area contributed by atoms with Crippen LogP contribution in [-0.2, 0) is 9.53 Å². The van der Waals surface area contributed by atoms with Crippen molar-refractivity contribution in [1.82, 2.24) is 9.88 Å². The molecule has 1 aliphatic rings. The summed E-state index contributed by atoms with van der Waals surface area (Å²) in [5.74, 6) is 1.19. The Morgan fingerprint density at radius 1 is 1.19 bits per heavy atom. The van der Waals surface area contributed by atoms with Crippen molar-refractivity contribution in [3.8, 4) is 5.75 Å². The summed E-state index contributed by atoms with van der Waals surface area (Å²) in [4.78, 5) is 21.0. The number of β-amino-alcohol motifs (C(OH)–C–C–N with tert-alkyl or cyclic N) is 1. The van der Waals surface area contributed by atoms with Gasteiger partial charge in [-0.3, -0.25) is 9.69 Å². The van der Waals surface area contributed by atoms with Crippen LogP contribution in [0.1, 0.15) is 6.92 Å². The number of hydrogen-bond acceptors (Lipinski definition) is 7.